The van der Waals surface area contributed by atoms with Crippen LogP contribution in [0, 0.1) is 6.92 Å². The predicted octanol–water partition coefficient (Wildman–Crippen LogP) is 3.47. The lowest BCUT2D eigenvalue weighted by atomic mass is 10.2. The van der Waals surface area contributed by atoms with Crippen molar-refractivity contribution in [1.82, 2.24) is 0 Å². The van der Waals surface area contributed by atoms with E-state index in [0.29, 0.717) is 6.04 Å². The number of hydrogen-bond acceptors (Lipinski definition) is 1. The van der Waals surface area contributed by atoms with Crippen molar-refractivity contribution in [2.45, 2.75) is 26.8 Å². The van der Waals surface area contributed by atoms with Gasteiger partial charge in [-0.2, -0.15) is 0 Å². The van der Waals surface area contributed by atoms with E-state index in [9.17, 15) is 0 Å². The van der Waals surface area contributed by atoms with Gasteiger partial charge in [0, 0.05) is 16.8 Å². The minimum absolute atomic E-state index is 0.448. The Morgan fingerprint density at radius 1 is 1.33 bits per heavy atom. The lowest BCUT2D eigenvalue weighted by molar-refractivity contribution is 0.899. The molecular weight excluding hydrogens is 170 g/mol. The second kappa shape index (κ2) is 3.81. The van der Waals surface area contributed by atoms with E-state index in [1.54, 1.807) is 0 Å². The average Bonchev–Trinajstić information content (AvgIpc) is 1.96. The van der Waals surface area contributed by atoms with Crippen LogP contribution in [0.4, 0.5) is 5.69 Å². The Morgan fingerprint density at radius 3 is 2.50 bits per heavy atom. The molecule has 12 heavy (non-hydrogen) atoms. The fourth-order valence-corrected chi connectivity index (χ4v) is 1.20. The fourth-order valence-electron chi connectivity index (χ4n) is 1.02. The summed E-state index contributed by atoms with van der Waals surface area (Å²) in [6, 6.07) is 6.47. The second-order valence-corrected chi connectivity index (χ2v) is 3.67. The first-order valence-corrected chi connectivity index (χ1v) is 4.50. The van der Waals surface area contributed by atoms with Crippen molar-refractivity contribution >= 4 is 17.3 Å². The van der Waals surface area contributed by atoms with Crippen molar-refractivity contribution in [1.29, 1.82) is 0 Å². The average molecular weight is 184 g/mol. The van der Waals surface area contributed by atoms with Crippen molar-refractivity contribution in [2.75, 3.05) is 5.32 Å². The Bertz CT molecular complexity index is 269. The lowest BCUT2D eigenvalue weighted by Gasteiger charge is -2.10. The van der Waals surface area contributed by atoms with Gasteiger partial charge < -0.3 is 5.32 Å². The first kappa shape index (κ1) is 9.40. The fraction of sp³-hybridized carbons (Fsp3) is 0.400. The van der Waals surface area contributed by atoms with Gasteiger partial charge in [-0.3, -0.25) is 0 Å². The van der Waals surface area contributed by atoms with Crippen molar-refractivity contribution in [3.63, 3.8) is 0 Å². The third-order valence-electron chi connectivity index (χ3n) is 1.63. The smallest absolute Gasteiger partial charge is 0.0455 e. The van der Waals surface area contributed by atoms with Crippen LogP contribution in [-0.4, -0.2) is 6.04 Å². The van der Waals surface area contributed by atoms with E-state index < -0.39 is 0 Å². The summed E-state index contributed by atoms with van der Waals surface area (Å²) in [5.74, 6) is 0. The third-order valence-corrected chi connectivity index (χ3v) is 2.03. The Morgan fingerprint density at radius 2 is 2.00 bits per heavy atom. The van der Waals surface area contributed by atoms with E-state index >= 15 is 0 Å². The molecule has 0 saturated heterocycles. The van der Waals surface area contributed by atoms with Gasteiger partial charge in [-0.1, -0.05) is 17.7 Å². The lowest BCUT2D eigenvalue weighted by Crippen LogP contribution is -2.09. The van der Waals surface area contributed by atoms with Crippen LogP contribution in [0.1, 0.15) is 19.4 Å². The zero-order valence-corrected chi connectivity index (χ0v) is 8.44. The van der Waals surface area contributed by atoms with Gasteiger partial charge in [0.15, 0.2) is 0 Å². The van der Waals surface area contributed by atoms with Gasteiger partial charge in [0.1, 0.15) is 0 Å². The highest BCUT2D eigenvalue weighted by Gasteiger charge is 1.98. The highest BCUT2D eigenvalue weighted by molar-refractivity contribution is 6.31. The SMILES string of the molecule is Cc1ccc(NC(C)C)cc1Cl. The van der Waals surface area contributed by atoms with Crippen LogP contribution < -0.4 is 5.32 Å². The quantitative estimate of drug-likeness (QED) is 0.741. The molecule has 0 saturated carbocycles. The Kier molecular flexibility index (Phi) is 2.99. The van der Waals surface area contributed by atoms with Gasteiger partial charge in [-0.05, 0) is 38.5 Å². The number of rotatable bonds is 2. The number of aryl methyl sites for hydroxylation is 1. The molecule has 1 rings (SSSR count). The predicted molar refractivity (Wildman–Crippen MR) is 54.9 cm³/mol. The molecule has 0 unspecified atom stereocenters. The molecular formula is C10H14ClN. The monoisotopic (exact) mass is 183 g/mol. The van der Waals surface area contributed by atoms with Gasteiger partial charge in [0.05, 0.1) is 0 Å². The Hall–Kier alpha value is -0.690. The molecule has 0 fully saturated rings. The number of halogens is 1. The molecule has 0 radical (unpaired) electrons. The van der Waals surface area contributed by atoms with E-state index in [4.69, 9.17) is 11.6 Å². The van der Waals surface area contributed by atoms with Gasteiger partial charge >= 0.3 is 0 Å². The summed E-state index contributed by atoms with van der Waals surface area (Å²) in [7, 11) is 0. The van der Waals surface area contributed by atoms with Crippen LogP contribution in [0.15, 0.2) is 18.2 Å². The molecule has 0 spiro atoms. The number of hydrogen-bond donors (Lipinski definition) is 1. The molecule has 0 amide bonds. The molecule has 1 nitrogen and oxygen atoms in total. The molecule has 0 bridgehead atoms. The van der Waals surface area contributed by atoms with Crippen LogP contribution in [0.3, 0.4) is 0 Å². The van der Waals surface area contributed by atoms with Crippen molar-refractivity contribution in [3.05, 3.63) is 28.8 Å². The van der Waals surface area contributed by atoms with Crippen molar-refractivity contribution in [3.8, 4) is 0 Å². The van der Waals surface area contributed by atoms with Gasteiger partial charge in [0.2, 0.25) is 0 Å². The van der Waals surface area contributed by atoms with E-state index in [1.165, 1.54) is 0 Å². The molecule has 1 N–H and O–H groups in total. The summed E-state index contributed by atoms with van der Waals surface area (Å²) in [4.78, 5) is 0. The first-order chi connectivity index (χ1) is 5.59. The zero-order chi connectivity index (χ0) is 9.14. The summed E-state index contributed by atoms with van der Waals surface area (Å²) < 4.78 is 0. The third kappa shape index (κ3) is 2.42. The van der Waals surface area contributed by atoms with Crippen molar-refractivity contribution < 1.29 is 0 Å². The number of anilines is 1. The van der Waals surface area contributed by atoms with Crippen molar-refractivity contribution in [2.24, 2.45) is 0 Å². The summed E-state index contributed by atoms with van der Waals surface area (Å²) in [5, 5.41) is 4.11. The van der Waals surface area contributed by atoms with Gasteiger partial charge in [0.25, 0.3) is 0 Å². The molecule has 66 valence electrons. The maximum absolute atomic E-state index is 5.96. The van der Waals surface area contributed by atoms with E-state index in [1.807, 2.05) is 25.1 Å². The van der Waals surface area contributed by atoms with Crippen LogP contribution in [-0.2, 0) is 0 Å². The van der Waals surface area contributed by atoms with E-state index in [2.05, 4.69) is 19.2 Å². The molecule has 2 heteroatoms. The number of nitrogens with one attached hydrogen (secondary N) is 1. The summed E-state index contributed by atoms with van der Waals surface area (Å²) in [6.07, 6.45) is 0. The zero-order valence-electron chi connectivity index (χ0n) is 7.69. The molecule has 1 aromatic carbocycles. The first-order valence-electron chi connectivity index (χ1n) is 4.12. The van der Waals surface area contributed by atoms with Crippen LogP contribution in [0.25, 0.3) is 0 Å². The second-order valence-electron chi connectivity index (χ2n) is 3.26. The summed E-state index contributed by atoms with van der Waals surface area (Å²) >= 11 is 5.96. The minimum Gasteiger partial charge on any atom is -0.383 e. The minimum atomic E-state index is 0.448. The Balaban J connectivity index is 2.82. The molecule has 0 atom stereocenters. The molecule has 0 aromatic heterocycles. The molecule has 0 heterocycles. The molecule has 0 aliphatic rings. The highest BCUT2D eigenvalue weighted by atomic mass is 35.5. The van der Waals surface area contributed by atoms with Gasteiger partial charge in [-0.15, -0.1) is 0 Å². The highest BCUT2D eigenvalue weighted by Crippen LogP contribution is 2.20. The molecule has 1 aromatic rings. The van der Waals surface area contributed by atoms with E-state index in [0.717, 1.165) is 16.3 Å². The summed E-state index contributed by atoms with van der Waals surface area (Å²) in [6.45, 7) is 6.21. The standard InChI is InChI=1S/C10H14ClN/c1-7(2)12-9-5-4-8(3)10(11)6-9/h4-7,12H,1-3H3. The van der Waals surface area contributed by atoms with E-state index in [-0.39, 0.29) is 0 Å². The number of benzene rings is 1. The van der Waals surface area contributed by atoms with Crippen LogP contribution in [0.5, 0.6) is 0 Å². The molecule has 0 aliphatic heterocycles. The largest absolute Gasteiger partial charge is 0.383 e. The van der Waals surface area contributed by atoms with Crippen LogP contribution >= 0.6 is 11.6 Å². The Labute approximate surface area is 78.7 Å². The maximum atomic E-state index is 5.96. The maximum Gasteiger partial charge on any atom is 0.0455 e. The van der Waals surface area contributed by atoms with Gasteiger partial charge in [-0.25, -0.2) is 0 Å². The summed E-state index contributed by atoms with van der Waals surface area (Å²) in [5.41, 5.74) is 2.20. The topological polar surface area (TPSA) is 12.0 Å². The molecule has 0 aliphatic carbocycles. The van der Waals surface area contributed by atoms with Crippen LogP contribution in [0.2, 0.25) is 5.02 Å². The normalized spacial score (nSPS) is 10.4.